The fourth-order valence-corrected chi connectivity index (χ4v) is 1.49. The van der Waals surface area contributed by atoms with E-state index in [1.807, 2.05) is 0 Å². The summed E-state index contributed by atoms with van der Waals surface area (Å²) in [6, 6.07) is 4.56. The highest BCUT2D eigenvalue weighted by molar-refractivity contribution is 5.80. The largest absolute Gasteiger partial charge is 0.480 e. The summed E-state index contributed by atoms with van der Waals surface area (Å²) in [6.45, 7) is 0. The van der Waals surface area contributed by atoms with Crippen molar-refractivity contribution in [1.82, 2.24) is 0 Å². The van der Waals surface area contributed by atoms with Gasteiger partial charge in [-0.05, 0) is 12.5 Å². The van der Waals surface area contributed by atoms with E-state index in [1.54, 1.807) is 6.07 Å². The van der Waals surface area contributed by atoms with Crippen molar-refractivity contribution in [2.75, 3.05) is 5.32 Å². The summed E-state index contributed by atoms with van der Waals surface area (Å²) >= 11 is 0. The summed E-state index contributed by atoms with van der Waals surface area (Å²) < 4.78 is 0. The van der Waals surface area contributed by atoms with Crippen molar-refractivity contribution in [3.8, 4) is 0 Å². The number of carboxylic acids is 1. The monoisotopic (exact) mass is 267 g/mol. The number of nitro benzene ring substituents is 1. The highest BCUT2D eigenvalue weighted by Crippen LogP contribution is 2.24. The molecule has 0 aromatic heterocycles. The van der Waals surface area contributed by atoms with Gasteiger partial charge in [0.05, 0.1) is 4.92 Å². The molecule has 1 unspecified atom stereocenters. The Balaban J connectivity index is 2.87. The molecule has 19 heavy (non-hydrogen) atoms. The molecule has 1 atom stereocenters. The van der Waals surface area contributed by atoms with Crippen LogP contribution in [0.2, 0.25) is 0 Å². The average Bonchev–Trinajstić information content (AvgIpc) is 2.34. The number of carbonyl (C=O) groups excluding carboxylic acids is 1. The number of nitrogens with two attached hydrogens (primary N) is 1. The van der Waals surface area contributed by atoms with Crippen molar-refractivity contribution in [3.63, 3.8) is 0 Å². The number of primary amides is 1. The van der Waals surface area contributed by atoms with Crippen LogP contribution < -0.4 is 11.1 Å². The quantitative estimate of drug-likeness (QED) is 0.492. The number of anilines is 1. The van der Waals surface area contributed by atoms with E-state index >= 15 is 0 Å². The van der Waals surface area contributed by atoms with Gasteiger partial charge in [0.15, 0.2) is 0 Å². The van der Waals surface area contributed by atoms with Crippen LogP contribution in [0.15, 0.2) is 24.3 Å². The highest BCUT2D eigenvalue weighted by Gasteiger charge is 2.21. The lowest BCUT2D eigenvalue weighted by atomic mass is 10.1. The van der Waals surface area contributed by atoms with Crippen molar-refractivity contribution < 1.29 is 19.6 Å². The van der Waals surface area contributed by atoms with E-state index in [0.29, 0.717) is 0 Å². The number of carboxylic acid groups (broad SMARTS) is 1. The van der Waals surface area contributed by atoms with E-state index in [0.717, 1.165) is 0 Å². The second-order valence-corrected chi connectivity index (χ2v) is 3.81. The Bertz CT molecular complexity index is 503. The van der Waals surface area contributed by atoms with E-state index in [9.17, 15) is 19.7 Å². The highest BCUT2D eigenvalue weighted by atomic mass is 16.6. The van der Waals surface area contributed by atoms with Crippen LogP contribution in [-0.4, -0.2) is 27.9 Å². The Morgan fingerprint density at radius 1 is 1.42 bits per heavy atom. The lowest BCUT2D eigenvalue weighted by Gasteiger charge is -2.14. The molecule has 102 valence electrons. The molecule has 0 radical (unpaired) electrons. The Labute approximate surface area is 108 Å². The average molecular weight is 267 g/mol. The lowest BCUT2D eigenvalue weighted by molar-refractivity contribution is -0.384. The van der Waals surface area contributed by atoms with Crippen LogP contribution in [-0.2, 0) is 9.59 Å². The van der Waals surface area contributed by atoms with Crippen molar-refractivity contribution in [1.29, 1.82) is 0 Å². The number of nitrogens with zero attached hydrogens (tertiary/aromatic N) is 1. The molecule has 1 aromatic rings. The van der Waals surface area contributed by atoms with Gasteiger partial charge in [0.2, 0.25) is 5.91 Å². The zero-order valence-electron chi connectivity index (χ0n) is 9.91. The van der Waals surface area contributed by atoms with Gasteiger partial charge in [0.1, 0.15) is 11.7 Å². The predicted octanol–water partition coefficient (Wildman–Crippen LogP) is 0.725. The molecular formula is C11H13N3O5. The molecule has 0 saturated carbocycles. The van der Waals surface area contributed by atoms with Gasteiger partial charge in [-0.25, -0.2) is 4.79 Å². The summed E-state index contributed by atoms with van der Waals surface area (Å²) in [5.41, 5.74) is 4.80. The first-order valence-corrected chi connectivity index (χ1v) is 5.43. The van der Waals surface area contributed by atoms with Crippen LogP contribution in [0.25, 0.3) is 0 Å². The Kier molecular flexibility index (Phi) is 4.81. The number of rotatable bonds is 7. The lowest BCUT2D eigenvalue weighted by Crippen LogP contribution is -2.31. The van der Waals surface area contributed by atoms with Crippen LogP contribution in [0.1, 0.15) is 12.8 Å². The van der Waals surface area contributed by atoms with Crippen LogP contribution in [0.3, 0.4) is 0 Å². The second kappa shape index (κ2) is 6.34. The fourth-order valence-electron chi connectivity index (χ4n) is 1.49. The smallest absolute Gasteiger partial charge is 0.326 e. The van der Waals surface area contributed by atoms with Gasteiger partial charge >= 0.3 is 5.97 Å². The first kappa shape index (κ1) is 14.4. The van der Waals surface area contributed by atoms with Gasteiger partial charge in [0, 0.05) is 12.5 Å². The van der Waals surface area contributed by atoms with E-state index < -0.39 is 22.8 Å². The minimum atomic E-state index is -1.21. The Hall–Kier alpha value is -2.64. The minimum Gasteiger partial charge on any atom is -0.480 e. The van der Waals surface area contributed by atoms with Gasteiger partial charge in [0.25, 0.3) is 5.69 Å². The molecule has 0 fully saturated rings. The number of benzene rings is 1. The molecule has 0 saturated heterocycles. The van der Waals surface area contributed by atoms with Crippen LogP contribution in [0.5, 0.6) is 0 Å². The first-order chi connectivity index (χ1) is 8.91. The van der Waals surface area contributed by atoms with Crippen LogP contribution >= 0.6 is 0 Å². The third-order valence-electron chi connectivity index (χ3n) is 2.41. The van der Waals surface area contributed by atoms with Gasteiger partial charge in [-0.2, -0.15) is 0 Å². The standard InChI is InChI=1S/C11H13N3O5/c12-10(15)6-5-8(11(16)17)13-7-3-1-2-4-9(7)14(18)19/h1-4,8,13H,5-6H2,(H2,12,15)(H,16,17). The van der Waals surface area contributed by atoms with Gasteiger partial charge in [-0.1, -0.05) is 12.1 Å². The summed E-state index contributed by atoms with van der Waals surface area (Å²) in [4.78, 5) is 31.8. The number of nitro groups is 1. The maximum absolute atomic E-state index is 11.0. The zero-order chi connectivity index (χ0) is 14.4. The number of hydrogen-bond donors (Lipinski definition) is 3. The molecule has 1 aromatic carbocycles. The molecular weight excluding hydrogens is 254 g/mol. The number of carbonyl (C=O) groups is 2. The molecule has 0 spiro atoms. The number of nitrogens with one attached hydrogen (secondary N) is 1. The van der Waals surface area contributed by atoms with E-state index in [-0.39, 0.29) is 24.2 Å². The fraction of sp³-hybridized carbons (Fsp3) is 0.273. The van der Waals surface area contributed by atoms with Crippen molar-refractivity contribution in [3.05, 3.63) is 34.4 Å². The maximum Gasteiger partial charge on any atom is 0.326 e. The van der Waals surface area contributed by atoms with Crippen molar-refractivity contribution >= 4 is 23.3 Å². The Morgan fingerprint density at radius 2 is 2.05 bits per heavy atom. The van der Waals surface area contributed by atoms with Gasteiger partial charge in [-0.3, -0.25) is 14.9 Å². The molecule has 1 amide bonds. The number of hydrogen-bond acceptors (Lipinski definition) is 5. The zero-order valence-corrected chi connectivity index (χ0v) is 9.91. The van der Waals surface area contributed by atoms with E-state index in [1.165, 1.54) is 18.2 Å². The Morgan fingerprint density at radius 3 is 2.58 bits per heavy atom. The molecule has 0 aliphatic rings. The minimum absolute atomic E-state index is 0.0449. The summed E-state index contributed by atoms with van der Waals surface area (Å²) in [7, 11) is 0. The third-order valence-corrected chi connectivity index (χ3v) is 2.41. The van der Waals surface area contributed by atoms with Crippen LogP contribution in [0.4, 0.5) is 11.4 Å². The second-order valence-electron chi connectivity index (χ2n) is 3.81. The van der Waals surface area contributed by atoms with Gasteiger partial charge < -0.3 is 16.2 Å². The van der Waals surface area contributed by atoms with Gasteiger partial charge in [-0.15, -0.1) is 0 Å². The SMILES string of the molecule is NC(=O)CCC(Nc1ccccc1[N+](=O)[O-])C(=O)O. The molecule has 8 nitrogen and oxygen atoms in total. The van der Waals surface area contributed by atoms with Crippen molar-refractivity contribution in [2.24, 2.45) is 5.73 Å². The molecule has 4 N–H and O–H groups in total. The molecule has 8 heteroatoms. The van der Waals surface area contributed by atoms with E-state index in [4.69, 9.17) is 10.8 Å². The molecule has 0 aliphatic carbocycles. The topological polar surface area (TPSA) is 136 Å². The number of aliphatic carboxylic acids is 1. The van der Waals surface area contributed by atoms with Crippen LogP contribution in [0, 0.1) is 10.1 Å². The number of amides is 1. The molecule has 0 aliphatic heterocycles. The summed E-state index contributed by atoms with van der Waals surface area (Å²) in [5.74, 6) is -1.84. The first-order valence-electron chi connectivity index (χ1n) is 5.43. The maximum atomic E-state index is 11.0. The van der Waals surface area contributed by atoms with Crippen molar-refractivity contribution in [2.45, 2.75) is 18.9 Å². The normalized spacial score (nSPS) is 11.6. The summed E-state index contributed by atoms with van der Waals surface area (Å²) in [5, 5.41) is 22.3. The summed E-state index contributed by atoms with van der Waals surface area (Å²) in [6.07, 6.45) is -0.165. The third kappa shape index (κ3) is 4.26. The van der Waals surface area contributed by atoms with E-state index in [2.05, 4.69) is 5.32 Å². The molecule has 0 heterocycles. The molecule has 0 bridgehead atoms. The number of para-hydroxylation sites is 2. The molecule has 1 rings (SSSR count). The predicted molar refractivity (Wildman–Crippen MR) is 66.6 cm³/mol.